The molecule has 2 aromatic rings. The minimum atomic E-state index is -0.465. The first-order chi connectivity index (χ1) is 12.6. The van der Waals surface area contributed by atoms with E-state index in [0.29, 0.717) is 29.4 Å². The van der Waals surface area contributed by atoms with Crippen molar-refractivity contribution in [2.45, 2.75) is 6.54 Å². The molecule has 1 amide bonds. The van der Waals surface area contributed by atoms with Crippen LogP contribution in [0.1, 0.15) is 11.1 Å². The summed E-state index contributed by atoms with van der Waals surface area (Å²) in [4.78, 5) is 12.3. The van der Waals surface area contributed by atoms with Crippen LogP contribution in [-0.4, -0.2) is 27.2 Å². The van der Waals surface area contributed by atoms with Gasteiger partial charge in [0.1, 0.15) is 11.6 Å². The SMILES string of the molecule is COc1ccc(C=C(C#N)C(=O)NCc2ccccc2)c(OC)c1OC. The number of methoxy groups -OCH3 is 3. The van der Waals surface area contributed by atoms with Gasteiger partial charge in [-0.15, -0.1) is 0 Å². The van der Waals surface area contributed by atoms with Crippen LogP contribution in [0.15, 0.2) is 48.0 Å². The van der Waals surface area contributed by atoms with E-state index in [4.69, 9.17) is 14.2 Å². The van der Waals surface area contributed by atoms with Gasteiger partial charge in [-0.2, -0.15) is 5.26 Å². The predicted molar refractivity (Wildman–Crippen MR) is 98.0 cm³/mol. The number of nitrogens with one attached hydrogen (secondary N) is 1. The molecule has 0 heterocycles. The number of rotatable bonds is 7. The molecule has 0 unspecified atom stereocenters. The Labute approximate surface area is 152 Å². The fourth-order valence-corrected chi connectivity index (χ4v) is 2.42. The van der Waals surface area contributed by atoms with Gasteiger partial charge in [0.25, 0.3) is 5.91 Å². The summed E-state index contributed by atoms with van der Waals surface area (Å²) in [6.45, 7) is 0.335. The Kier molecular flexibility index (Phi) is 6.63. The van der Waals surface area contributed by atoms with E-state index >= 15 is 0 Å². The zero-order valence-electron chi connectivity index (χ0n) is 14.9. The number of amides is 1. The number of carbonyl (C=O) groups excluding carboxylic acids is 1. The summed E-state index contributed by atoms with van der Waals surface area (Å²) < 4.78 is 15.9. The molecule has 0 radical (unpaired) electrons. The van der Waals surface area contributed by atoms with E-state index < -0.39 is 5.91 Å². The number of ether oxygens (including phenoxy) is 3. The van der Waals surface area contributed by atoms with Crippen LogP contribution < -0.4 is 19.5 Å². The summed E-state index contributed by atoms with van der Waals surface area (Å²) in [5.74, 6) is 0.808. The minimum absolute atomic E-state index is 0.0357. The van der Waals surface area contributed by atoms with Crippen molar-refractivity contribution in [3.05, 3.63) is 59.2 Å². The third-order valence-electron chi connectivity index (χ3n) is 3.70. The fourth-order valence-electron chi connectivity index (χ4n) is 2.42. The highest BCUT2D eigenvalue weighted by Gasteiger charge is 2.17. The predicted octanol–water partition coefficient (Wildman–Crippen LogP) is 2.94. The van der Waals surface area contributed by atoms with Crippen LogP contribution >= 0.6 is 0 Å². The zero-order chi connectivity index (χ0) is 18.9. The monoisotopic (exact) mass is 352 g/mol. The van der Waals surface area contributed by atoms with E-state index in [2.05, 4.69) is 5.32 Å². The van der Waals surface area contributed by atoms with Crippen molar-refractivity contribution in [1.29, 1.82) is 5.26 Å². The number of nitriles is 1. The van der Waals surface area contributed by atoms with Gasteiger partial charge in [-0.25, -0.2) is 0 Å². The van der Waals surface area contributed by atoms with Crippen molar-refractivity contribution < 1.29 is 19.0 Å². The summed E-state index contributed by atoms with van der Waals surface area (Å²) in [7, 11) is 4.49. The molecule has 2 rings (SSSR count). The maximum atomic E-state index is 12.3. The van der Waals surface area contributed by atoms with E-state index in [-0.39, 0.29) is 5.57 Å². The van der Waals surface area contributed by atoms with Crippen LogP contribution in [0.25, 0.3) is 6.08 Å². The van der Waals surface area contributed by atoms with Gasteiger partial charge in [0.05, 0.1) is 21.3 Å². The van der Waals surface area contributed by atoms with Gasteiger partial charge in [0, 0.05) is 12.1 Å². The molecule has 0 aliphatic carbocycles. The fraction of sp³-hybridized carbons (Fsp3) is 0.200. The van der Waals surface area contributed by atoms with Crippen molar-refractivity contribution in [3.8, 4) is 23.3 Å². The van der Waals surface area contributed by atoms with E-state index in [9.17, 15) is 10.1 Å². The van der Waals surface area contributed by atoms with Gasteiger partial charge in [0.2, 0.25) is 5.75 Å². The summed E-state index contributed by atoms with van der Waals surface area (Å²) in [6, 6.07) is 14.8. The third-order valence-corrected chi connectivity index (χ3v) is 3.70. The van der Waals surface area contributed by atoms with E-state index in [1.807, 2.05) is 36.4 Å². The van der Waals surface area contributed by atoms with Gasteiger partial charge >= 0.3 is 0 Å². The molecule has 0 bridgehead atoms. The second-order valence-electron chi connectivity index (χ2n) is 5.26. The molecule has 0 saturated heterocycles. The Bertz CT molecular complexity index is 839. The Morgan fingerprint density at radius 2 is 1.73 bits per heavy atom. The Hall–Kier alpha value is -3.46. The van der Waals surface area contributed by atoms with Crippen LogP contribution in [0.5, 0.6) is 17.2 Å². The molecule has 6 heteroatoms. The number of carbonyl (C=O) groups is 1. The van der Waals surface area contributed by atoms with Crippen molar-refractivity contribution in [2.75, 3.05) is 21.3 Å². The van der Waals surface area contributed by atoms with Crippen molar-refractivity contribution >= 4 is 12.0 Å². The van der Waals surface area contributed by atoms with Crippen LogP contribution in [0.2, 0.25) is 0 Å². The molecule has 6 nitrogen and oxygen atoms in total. The van der Waals surface area contributed by atoms with Gasteiger partial charge in [-0.1, -0.05) is 30.3 Å². The standard InChI is InChI=1S/C20H20N2O4/c1-24-17-10-9-15(18(25-2)19(17)26-3)11-16(12-21)20(23)22-13-14-7-5-4-6-8-14/h4-11H,13H2,1-3H3,(H,22,23). The summed E-state index contributed by atoms with van der Waals surface area (Å²) in [5.41, 5.74) is 1.45. The molecule has 0 atom stereocenters. The topological polar surface area (TPSA) is 80.6 Å². The van der Waals surface area contributed by atoms with Crippen molar-refractivity contribution in [3.63, 3.8) is 0 Å². The highest BCUT2D eigenvalue weighted by Crippen LogP contribution is 2.40. The highest BCUT2D eigenvalue weighted by atomic mass is 16.5. The van der Waals surface area contributed by atoms with Crippen LogP contribution in [-0.2, 0) is 11.3 Å². The van der Waals surface area contributed by atoms with Crippen LogP contribution in [0.3, 0.4) is 0 Å². The molecule has 0 saturated carbocycles. The molecule has 2 aromatic carbocycles. The largest absolute Gasteiger partial charge is 0.493 e. The minimum Gasteiger partial charge on any atom is -0.493 e. The van der Waals surface area contributed by atoms with E-state index in [1.54, 1.807) is 12.1 Å². The van der Waals surface area contributed by atoms with Crippen molar-refractivity contribution in [1.82, 2.24) is 5.32 Å². The number of benzene rings is 2. The maximum Gasteiger partial charge on any atom is 0.262 e. The average molecular weight is 352 g/mol. The average Bonchev–Trinajstić information content (AvgIpc) is 2.70. The molecule has 0 aliphatic heterocycles. The smallest absolute Gasteiger partial charge is 0.262 e. The number of nitrogens with zero attached hydrogens (tertiary/aromatic N) is 1. The number of hydrogen-bond acceptors (Lipinski definition) is 5. The molecule has 26 heavy (non-hydrogen) atoms. The van der Waals surface area contributed by atoms with Crippen molar-refractivity contribution in [2.24, 2.45) is 0 Å². The van der Waals surface area contributed by atoms with Gasteiger partial charge in [-0.05, 0) is 23.8 Å². The normalized spacial score (nSPS) is 10.6. The second-order valence-corrected chi connectivity index (χ2v) is 5.26. The first-order valence-electron chi connectivity index (χ1n) is 7.87. The molecule has 0 aliphatic rings. The summed E-state index contributed by atoms with van der Waals surface area (Å²) in [6.07, 6.45) is 1.46. The highest BCUT2D eigenvalue weighted by molar-refractivity contribution is 6.02. The Morgan fingerprint density at radius 1 is 1.04 bits per heavy atom. The van der Waals surface area contributed by atoms with Gasteiger partial charge in [0.15, 0.2) is 11.5 Å². The lowest BCUT2D eigenvalue weighted by Crippen LogP contribution is -2.23. The second kappa shape index (κ2) is 9.14. The van der Waals surface area contributed by atoms with Crippen LogP contribution in [0.4, 0.5) is 0 Å². The number of hydrogen-bond donors (Lipinski definition) is 1. The van der Waals surface area contributed by atoms with E-state index in [1.165, 1.54) is 27.4 Å². The molecule has 134 valence electrons. The molecule has 0 fully saturated rings. The lowest BCUT2D eigenvalue weighted by atomic mass is 10.1. The molecule has 0 aromatic heterocycles. The lowest BCUT2D eigenvalue weighted by molar-refractivity contribution is -0.117. The maximum absolute atomic E-state index is 12.3. The molecule has 0 spiro atoms. The van der Waals surface area contributed by atoms with Gasteiger partial charge < -0.3 is 19.5 Å². The summed E-state index contributed by atoms with van der Waals surface area (Å²) in [5, 5.41) is 12.1. The first kappa shape index (κ1) is 18.9. The third kappa shape index (κ3) is 4.33. The Balaban J connectivity index is 2.28. The molecular weight excluding hydrogens is 332 g/mol. The zero-order valence-corrected chi connectivity index (χ0v) is 14.9. The van der Waals surface area contributed by atoms with E-state index in [0.717, 1.165) is 5.56 Å². The molecular formula is C20H20N2O4. The first-order valence-corrected chi connectivity index (χ1v) is 7.87. The van der Waals surface area contributed by atoms with Crippen LogP contribution in [0, 0.1) is 11.3 Å². The summed E-state index contributed by atoms with van der Waals surface area (Å²) >= 11 is 0. The quantitative estimate of drug-likeness (QED) is 0.612. The lowest BCUT2D eigenvalue weighted by Gasteiger charge is -2.14. The van der Waals surface area contributed by atoms with Gasteiger partial charge in [-0.3, -0.25) is 4.79 Å². The molecule has 1 N–H and O–H groups in total. The Morgan fingerprint density at radius 3 is 2.31 bits per heavy atom.